The maximum Gasteiger partial charge on any atom is 0.0400 e. The first-order chi connectivity index (χ1) is 9.70. The van der Waals surface area contributed by atoms with Gasteiger partial charge in [0.2, 0.25) is 0 Å². The van der Waals surface area contributed by atoms with E-state index in [1.165, 1.54) is 0 Å². The second-order valence-corrected chi connectivity index (χ2v) is 13.8. The normalized spacial score (nSPS) is 14.4. The summed E-state index contributed by atoms with van der Waals surface area (Å²) in [5.41, 5.74) is 0. The molecule has 0 bridgehead atoms. The molecule has 0 radical (unpaired) electrons. The van der Waals surface area contributed by atoms with E-state index in [9.17, 15) is 0 Å². The monoisotopic (exact) mass is 462 g/mol. The van der Waals surface area contributed by atoms with Crippen LogP contribution < -0.4 is 0 Å². The molecular weight excluding hydrogens is 441 g/mol. The molecule has 20 heavy (non-hydrogen) atoms. The Morgan fingerprint density at radius 2 is 1.00 bits per heavy atom. The molecular formula is C10H22S10. The van der Waals surface area contributed by atoms with Crippen molar-refractivity contribution in [3.05, 3.63) is 0 Å². The molecule has 0 saturated carbocycles. The smallest absolute Gasteiger partial charge is 0.0400 e. The van der Waals surface area contributed by atoms with Crippen LogP contribution in [0.1, 0.15) is 0 Å². The van der Waals surface area contributed by atoms with Gasteiger partial charge in [-0.3, -0.25) is 0 Å². The fraction of sp³-hybridized carbons (Fsp3) is 1.00. The van der Waals surface area contributed by atoms with Crippen molar-refractivity contribution in [1.29, 1.82) is 0 Å². The zero-order chi connectivity index (χ0) is 15.1. The summed E-state index contributed by atoms with van der Waals surface area (Å²) in [7, 11) is 3.85. The molecule has 0 amide bonds. The average Bonchev–Trinajstić information content (AvgIpc) is 2.44. The lowest BCUT2D eigenvalue weighted by atomic mass is 10.5. The number of thioether (sulfide) groups is 4. The molecule has 0 spiro atoms. The third-order valence-corrected chi connectivity index (χ3v) is 11.4. The van der Waals surface area contributed by atoms with Crippen LogP contribution in [0.25, 0.3) is 0 Å². The Kier molecular flexibility index (Phi) is 22.1. The van der Waals surface area contributed by atoms with Gasteiger partial charge in [0.15, 0.2) is 0 Å². The van der Waals surface area contributed by atoms with Crippen LogP contribution in [0.15, 0.2) is 0 Å². The van der Waals surface area contributed by atoms with Crippen molar-refractivity contribution in [2.24, 2.45) is 0 Å². The summed E-state index contributed by atoms with van der Waals surface area (Å²) in [6, 6.07) is 0. The summed E-state index contributed by atoms with van der Waals surface area (Å²) in [5.74, 6) is 4.46. The van der Waals surface area contributed by atoms with Crippen LogP contribution in [0.2, 0.25) is 0 Å². The Morgan fingerprint density at radius 1 is 0.600 bits per heavy atom. The molecule has 2 atom stereocenters. The minimum Gasteiger partial charge on any atom is -0.174 e. The van der Waals surface area contributed by atoms with Crippen molar-refractivity contribution < 1.29 is 0 Å². The van der Waals surface area contributed by atoms with Crippen molar-refractivity contribution in [2.45, 2.75) is 10.5 Å². The second-order valence-electron chi connectivity index (χ2n) is 3.52. The lowest BCUT2D eigenvalue weighted by Crippen LogP contribution is -2.07. The van der Waals surface area contributed by atoms with Gasteiger partial charge in [-0.1, -0.05) is 21.6 Å². The quantitative estimate of drug-likeness (QED) is 0.108. The molecule has 0 N–H and O–H groups in total. The minimum absolute atomic E-state index is 0.484. The molecule has 0 aliphatic carbocycles. The lowest BCUT2D eigenvalue weighted by molar-refractivity contribution is 1.16. The summed E-state index contributed by atoms with van der Waals surface area (Å²) >= 11 is 25.2. The van der Waals surface area contributed by atoms with Crippen LogP contribution in [-0.4, -0.2) is 53.9 Å². The van der Waals surface area contributed by atoms with E-state index >= 15 is 0 Å². The Balaban J connectivity index is 3.28. The Morgan fingerprint density at radius 3 is 1.35 bits per heavy atom. The molecule has 0 rings (SSSR count). The van der Waals surface area contributed by atoms with E-state index in [2.05, 4.69) is 50.5 Å². The van der Waals surface area contributed by atoms with E-state index in [0.717, 1.165) is 43.4 Å². The minimum atomic E-state index is 0.484. The van der Waals surface area contributed by atoms with Crippen LogP contribution in [0, 0.1) is 0 Å². The average molecular weight is 463 g/mol. The van der Waals surface area contributed by atoms with Gasteiger partial charge in [-0.25, -0.2) is 0 Å². The summed E-state index contributed by atoms with van der Waals surface area (Å²) in [4.78, 5) is 0. The van der Waals surface area contributed by atoms with Gasteiger partial charge in [0.1, 0.15) is 0 Å². The van der Waals surface area contributed by atoms with Crippen LogP contribution in [0.5, 0.6) is 0 Å². The Labute approximate surface area is 171 Å². The Hall–Kier alpha value is 3.50. The fourth-order valence-corrected chi connectivity index (χ4v) is 9.63. The maximum atomic E-state index is 4.62. The van der Waals surface area contributed by atoms with Crippen LogP contribution in [0.3, 0.4) is 0 Å². The van der Waals surface area contributed by atoms with E-state index in [-0.39, 0.29) is 0 Å². The molecule has 0 aliphatic heterocycles. The van der Waals surface area contributed by atoms with Crippen molar-refractivity contribution in [3.63, 3.8) is 0 Å². The molecule has 10 heteroatoms. The first-order valence-corrected chi connectivity index (χ1v) is 15.2. The second kappa shape index (κ2) is 18.8. The first-order valence-electron chi connectivity index (χ1n) is 5.84. The van der Waals surface area contributed by atoms with E-state index in [4.69, 9.17) is 0 Å². The molecule has 0 nitrogen and oxygen atoms in total. The van der Waals surface area contributed by atoms with Gasteiger partial charge < -0.3 is 0 Å². The summed E-state index contributed by atoms with van der Waals surface area (Å²) in [6.07, 6.45) is 0. The van der Waals surface area contributed by atoms with Gasteiger partial charge in [-0.2, -0.15) is 50.5 Å². The third kappa shape index (κ3) is 17.8. The van der Waals surface area contributed by atoms with Crippen LogP contribution in [0.4, 0.5) is 0 Å². The van der Waals surface area contributed by atoms with Crippen LogP contribution in [-0.2, 0) is 0 Å². The number of rotatable bonds is 15. The molecule has 0 aliphatic rings. The van der Waals surface area contributed by atoms with Gasteiger partial charge in [-0.15, -0.1) is 47.0 Å². The van der Waals surface area contributed by atoms with Gasteiger partial charge in [0.05, 0.1) is 0 Å². The van der Waals surface area contributed by atoms with E-state index < -0.39 is 0 Å². The first kappa shape index (κ1) is 23.5. The highest BCUT2D eigenvalue weighted by Crippen LogP contribution is 2.28. The van der Waals surface area contributed by atoms with Crippen molar-refractivity contribution in [3.8, 4) is 0 Å². The maximum absolute atomic E-state index is 4.62. The van der Waals surface area contributed by atoms with Gasteiger partial charge in [-0.05, 0) is 0 Å². The molecule has 2 unspecified atom stereocenters. The molecule has 0 aromatic rings. The number of hydrogen-bond acceptors (Lipinski definition) is 10. The molecule has 0 fully saturated rings. The summed E-state index contributed by atoms with van der Waals surface area (Å²) in [5, 5.41) is 5.03. The van der Waals surface area contributed by atoms with E-state index in [0.29, 0.717) is 10.5 Å². The predicted octanol–water partition coefficient (Wildman–Crippen LogP) is 5.59. The Bertz CT molecular complexity index is 173. The summed E-state index contributed by atoms with van der Waals surface area (Å²) in [6.45, 7) is 0. The van der Waals surface area contributed by atoms with Crippen LogP contribution >= 0.6 is 119 Å². The molecule has 0 heterocycles. The third-order valence-electron chi connectivity index (χ3n) is 1.74. The van der Waals surface area contributed by atoms with Gasteiger partial charge in [0, 0.05) is 53.9 Å². The summed E-state index contributed by atoms with van der Waals surface area (Å²) < 4.78 is 0. The highest BCUT2D eigenvalue weighted by molar-refractivity contribution is 8.76. The largest absolute Gasteiger partial charge is 0.174 e. The zero-order valence-corrected chi connectivity index (χ0v) is 19.5. The van der Waals surface area contributed by atoms with Crippen molar-refractivity contribution in [1.82, 2.24) is 0 Å². The standard InChI is InChI=1S/C10H22S10/c11-5-17-7-15-1-9(13)3-19-20-4-10(14)2-16-8-18-6-12/h9-14H,1-8H2. The molecule has 0 saturated heterocycles. The van der Waals surface area contributed by atoms with Gasteiger partial charge >= 0.3 is 0 Å². The lowest BCUT2D eigenvalue weighted by Gasteiger charge is -2.11. The molecule has 0 aromatic heterocycles. The predicted molar refractivity (Wildman–Crippen MR) is 128 cm³/mol. The van der Waals surface area contributed by atoms with Crippen molar-refractivity contribution in [2.75, 3.05) is 43.4 Å². The molecule has 122 valence electrons. The number of thiol groups is 4. The van der Waals surface area contributed by atoms with Crippen molar-refractivity contribution >= 4 is 119 Å². The fourth-order valence-electron chi connectivity index (χ4n) is 0.910. The van der Waals surface area contributed by atoms with E-state index in [1.807, 2.05) is 68.6 Å². The molecule has 0 aromatic carbocycles. The topological polar surface area (TPSA) is 0 Å². The highest BCUT2D eigenvalue weighted by atomic mass is 33.1. The number of hydrogen-bond donors (Lipinski definition) is 4. The zero-order valence-electron chi connectivity index (χ0n) is 11.0. The van der Waals surface area contributed by atoms with E-state index in [1.54, 1.807) is 0 Å². The van der Waals surface area contributed by atoms with Gasteiger partial charge in [0.25, 0.3) is 0 Å². The highest BCUT2D eigenvalue weighted by Gasteiger charge is 2.07. The SMILES string of the molecule is SCSCSCC(S)CSSCC(S)CSCSCS.